The SMILES string of the molecule is CC=CC(=O)N1CCC(C2CCNn3c2nc(-c2ccc(Oc4ccccc4)cc2)c3C(N)=O)CC1. The van der Waals surface area contributed by atoms with Crippen molar-refractivity contribution in [2.24, 2.45) is 11.7 Å². The fraction of sp³-hybridized carbons (Fsp3) is 0.321. The van der Waals surface area contributed by atoms with Gasteiger partial charge in [0.1, 0.15) is 23.0 Å². The third kappa shape index (κ3) is 4.71. The second kappa shape index (κ2) is 10.3. The van der Waals surface area contributed by atoms with Crippen LogP contribution in [0.3, 0.4) is 0 Å². The molecule has 2 aliphatic heterocycles. The van der Waals surface area contributed by atoms with Crippen LogP contribution in [0.5, 0.6) is 11.5 Å². The van der Waals surface area contributed by atoms with Gasteiger partial charge in [0.2, 0.25) is 5.91 Å². The highest BCUT2D eigenvalue weighted by Gasteiger charge is 2.36. The monoisotopic (exact) mass is 485 g/mol. The molecule has 0 spiro atoms. The Morgan fingerprint density at radius 2 is 1.72 bits per heavy atom. The molecule has 0 radical (unpaired) electrons. The number of rotatable bonds is 6. The second-order valence-corrected chi connectivity index (χ2v) is 9.27. The summed E-state index contributed by atoms with van der Waals surface area (Å²) < 4.78 is 7.69. The lowest BCUT2D eigenvalue weighted by atomic mass is 9.81. The Hall–Kier alpha value is -4.07. The van der Waals surface area contributed by atoms with E-state index in [0.717, 1.165) is 56.0 Å². The fourth-order valence-corrected chi connectivity index (χ4v) is 5.26. The summed E-state index contributed by atoms with van der Waals surface area (Å²) >= 11 is 0. The van der Waals surface area contributed by atoms with Crippen molar-refractivity contribution in [3.63, 3.8) is 0 Å². The summed E-state index contributed by atoms with van der Waals surface area (Å²) in [6.07, 6.45) is 6.15. The summed E-state index contributed by atoms with van der Waals surface area (Å²) in [5.74, 6) is 2.42. The molecular formula is C28H31N5O3. The average Bonchev–Trinajstić information content (AvgIpc) is 3.30. The maximum atomic E-state index is 12.5. The van der Waals surface area contributed by atoms with E-state index in [4.69, 9.17) is 15.5 Å². The average molecular weight is 486 g/mol. The first-order valence-electron chi connectivity index (χ1n) is 12.5. The molecule has 0 bridgehead atoms. The minimum atomic E-state index is -0.520. The van der Waals surface area contributed by atoms with Gasteiger partial charge in [-0.1, -0.05) is 24.3 Å². The molecule has 8 nitrogen and oxygen atoms in total. The number of amides is 2. The lowest BCUT2D eigenvalue weighted by Gasteiger charge is -2.37. The molecule has 0 saturated carbocycles. The Bertz CT molecular complexity index is 1260. The topological polar surface area (TPSA) is 102 Å². The molecule has 5 rings (SSSR count). The van der Waals surface area contributed by atoms with Crippen LogP contribution in [0, 0.1) is 5.92 Å². The molecule has 2 aliphatic rings. The van der Waals surface area contributed by atoms with Gasteiger partial charge < -0.3 is 20.8 Å². The molecule has 1 atom stereocenters. The molecule has 0 aliphatic carbocycles. The van der Waals surface area contributed by atoms with Gasteiger partial charge in [0, 0.05) is 31.1 Å². The van der Waals surface area contributed by atoms with Crippen molar-refractivity contribution in [1.82, 2.24) is 14.6 Å². The van der Waals surface area contributed by atoms with Crippen molar-refractivity contribution in [3.05, 3.63) is 78.3 Å². The highest BCUT2D eigenvalue weighted by atomic mass is 16.5. The van der Waals surface area contributed by atoms with Crippen LogP contribution in [-0.2, 0) is 4.79 Å². The Kier molecular flexibility index (Phi) is 6.75. The van der Waals surface area contributed by atoms with E-state index < -0.39 is 5.91 Å². The molecule has 3 heterocycles. The molecule has 1 fully saturated rings. The first-order valence-corrected chi connectivity index (χ1v) is 12.5. The minimum absolute atomic E-state index is 0.0701. The van der Waals surface area contributed by atoms with E-state index in [9.17, 15) is 9.59 Å². The molecule has 36 heavy (non-hydrogen) atoms. The van der Waals surface area contributed by atoms with Gasteiger partial charge in [-0.15, -0.1) is 0 Å². The lowest BCUT2D eigenvalue weighted by molar-refractivity contribution is -0.127. The quantitative estimate of drug-likeness (QED) is 0.507. The van der Waals surface area contributed by atoms with E-state index in [-0.39, 0.29) is 11.8 Å². The zero-order valence-corrected chi connectivity index (χ0v) is 20.4. The molecule has 3 N–H and O–H groups in total. The fourth-order valence-electron chi connectivity index (χ4n) is 5.26. The molecule has 2 aromatic carbocycles. The van der Waals surface area contributed by atoms with Gasteiger partial charge in [0.05, 0.1) is 0 Å². The van der Waals surface area contributed by atoms with Crippen molar-refractivity contribution in [2.75, 3.05) is 25.1 Å². The van der Waals surface area contributed by atoms with E-state index in [1.165, 1.54) is 0 Å². The predicted molar refractivity (Wildman–Crippen MR) is 138 cm³/mol. The molecule has 3 aromatic rings. The largest absolute Gasteiger partial charge is 0.457 e. The van der Waals surface area contributed by atoms with E-state index in [0.29, 0.717) is 23.1 Å². The number of allylic oxidation sites excluding steroid dienone is 1. The minimum Gasteiger partial charge on any atom is -0.457 e. The maximum Gasteiger partial charge on any atom is 0.269 e. The number of fused-ring (bicyclic) bond motifs is 1. The predicted octanol–water partition coefficient (Wildman–Crippen LogP) is 4.29. The number of ether oxygens (including phenoxy) is 1. The van der Waals surface area contributed by atoms with Crippen molar-refractivity contribution in [3.8, 4) is 22.8 Å². The number of hydrogen-bond donors (Lipinski definition) is 2. The number of carbonyl (C=O) groups is 2. The summed E-state index contributed by atoms with van der Waals surface area (Å²) in [5.41, 5.74) is 10.9. The molecular weight excluding hydrogens is 454 g/mol. The van der Waals surface area contributed by atoms with Crippen LogP contribution >= 0.6 is 0 Å². The Morgan fingerprint density at radius 1 is 1.03 bits per heavy atom. The number of piperidine rings is 1. The first-order chi connectivity index (χ1) is 17.5. The van der Waals surface area contributed by atoms with E-state index in [2.05, 4.69) is 5.43 Å². The number of para-hydroxylation sites is 1. The summed E-state index contributed by atoms with van der Waals surface area (Å²) in [6.45, 7) is 4.06. The Morgan fingerprint density at radius 3 is 2.39 bits per heavy atom. The van der Waals surface area contributed by atoms with Crippen LogP contribution < -0.4 is 15.9 Å². The second-order valence-electron chi connectivity index (χ2n) is 9.27. The third-order valence-corrected chi connectivity index (χ3v) is 7.03. The van der Waals surface area contributed by atoms with Gasteiger partial charge in [0.15, 0.2) is 5.69 Å². The zero-order chi connectivity index (χ0) is 25.1. The number of hydrogen-bond acceptors (Lipinski definition) is 5. The number of nitrogens with two attached hydrogens (primary N) is 1. The van der Waals surface area contributed by atoms with Crippen LogP contribution in [0.15, 0.2) is 66.7 Å². The van der Waals surface area contributed by atoms with Crippen LogP contribution in [-0.4, -0.2) is 46.0 Å². The summed E-state index contributed by atoms with van der Waals surface area (Å²) in [7, 11) is 0. The smallest absolute Gasteiger partial charge is 0.269 e. The molecule has 1 saturated heterocycles. The molecule has 1 aromatic heterocycles. The van der Waals surface area contributed by atoms with E-state index >= 15 is 0 Å². The van der Waals surface area contributed by atoms with Crippen LogP contribution in [0.25, 0.3) is 11.3 Å². The number of carbonyl (C=O) groups excluding carboxylic acids is 2. The number of likely N-dealkylation sites (tertiary alicyclic amines) is 1. The summed E-state index contributed by atoms with van der Waals surface area (Å²) in [4.78, 5) is 31.7. The number of imidazole rings is 1. The number of benzene rings is 2. The number of nitrogens with one attached hydrogen (secondary N) is 1. The van der Waals surface area contributed by atoms with E-state index in [1.54, 1.807) is 16.8 Å². The summed E-state index contributed by atoms with van der Waals surface area (Å²) in [6, 6.07) is 17.1. The van der Waals surface area contributed by atoms with Crippen molar-refractivity contribution in [1.29, 1.82) is 0 Å². The van der Waals surface area contributed by atoms with Crippen LogP contribution in [0.2, 0.25) is 0 Å². The van der Waals surface area contributed by atoms with Crippen LogP contribution in [0.4, 0.5) is 0 Å². The van der Waals surface area contributed by atoms with Gasteiger partial charge >= 0.3 is 0 Å². The first kappa shape index (κ1) is 23.7. The van der Waals surface area contributed by atoms with Gasteiger partial charge in [-0.3, -0.25) is 9.59 Å². The maximum absolute atomic E-state index is 12.5. The van der Waals surface area contributed by atoms with Crippen molar-refractivity contribution in [2.45, 2.75) is 32.1 Å². The summed E-state index contributed by atoms with van der Waals surface area (Å²) in [5, 5.41) is 0. The standard InChI is InChI=1S/C28H31N5O3/c1-2-6-24(34)32-17-14-19(15-18-32)23-13-16-30-33-26(27(29)35)25(31-28(23)33)20-9-11-22(12-10-20)36-21-7-4-3-5-8-21/h2-12,19,23,30H,13-18H2,1H3,(H2,29,35). The van der Waals surface area contributed by atoms with Gasteiger partial charge in [0.25, 0.3) is 5.91 Å². The number of nitrogens with zero attached hydrogens (tertiary/aromatic N) is 3. The highest BCUT2D eigenvalue weighted by molar-refractivity contribution is 5.97. The third-order valence-electron chi connectivity index (χ3n) is 7.03. The van der Waals surface area contributed by atoms with Gasteiger partial charge in [-0.05, 0) is 74.6 Å². The van der Waals surface area contributed by atoms with Crippen LogP contribution in [0.1, 0.15) is 48.4 Å². The zero-order valence-electron chi connectivity index (χ0n) is 20.4. The highest BCUT2D eigenvalue weighted by Crippen LogP contribution is 2.39. The van der Waals surface area contributed by atoms with Crippen molar-refractivity contribution < 1.29 is 14.3 Å². The molecule has 8 heteroatoms. The normalized spacial score (nSPS) is 18.0. The molecule has 2 amide bonds. The lowest BCUT2D eigenvalue weighted by Crippen LogP contribution is -2.41. The van der Waals surface area contributed by atoms with Gasteiger partial charge in [-0.2, -0.15) is 0 Å². The Balaban J connectivity index is 1.39. The number of primary amides is 1. The molecule has 1 unspecified atom stereocenters. The molecule has 186 valence electrons. The van der Waals surface area contributed by atoms with Crippen molar-refractivity contribution >= 4 is 11.8 Å². The Labute approximate surface area is 210 Å². The van der Waals surface area contributed by atoms with E-state index in [1.807, 2.05) is 66.4 Å². The number of aromatic nitrogens is 2. The van der Waals surface area contributed by atoms with Gasteiger partial charge in [-0.25, -0.2) is 9.66 Å².